The molecule has 0 aliphatic rings. The zero-order valence-electron chi connectivity index (χ0n) is 15.5. The molecule has 0 spiro atoms. The topological polar surface area (TPSA) is 105 Å². The fourth-order valence-electron chi connectivity index (χ4n) is 2.60. The predicted molar refractivity (Wildman–Crippen MR) is 112 cm³/mol. The molecule has 1 heterocycles. The number of nitrogens with one attached hydrogen (secondary N) is 3. The molecule has 0 aliphatic heterocycles. The van der Waals surface area contributed by atoms with E-state index in [0.29, 0.717) is 35.8 Å². The normalized spacial score (nSPS) is 10.6. The van der Waals surface area contributed by atoms with Crippen LogP contribution >= 0.6 is 11.6 Å². The van der Waals surface area contributed by atoms with Gasteiger partial charge in [0.25, 0.3) is 0 Å². The van der Waals surface area contributed by atoms with Crippen molar-refractivity contribution >= 4 is 35.0 Å². The van der Waals surface area contributed by atoms with Crippen molar-refractivity contribution in [3.8, 4) is 0 Å². The highest BCUT2D eigenvalue weighted by atomic mass is 35.5. The van der Waals surface area contributed by atoms with Crippen LogP contribution in [0.5, 0.6) is 0 Å². The van der Waals surface area contributed by atoms with Crippen LogP contribution in [0.4, 0.5) is 26.5 Å². The Morgan fingerprint density at radius 3 is 2.62 bits per heavy atom. The molecule has 150 valence electrons. The molecule has 9 heteroatoms. The first kappa shape index (κ1) is 20.5. The van der Waals surface area contributed by atoms with Gasteiger partial charge in [-0.25, -0.2) is 19.2 Å². The van der Waals surface area contributed by atoms with Crippen LogP contribution in [0.1, 0.15) is 11.1 Å². The van der Waals surface area contributed by atoms with E-state index in [2.05, 4.69) is 25.9 Å². The molecule has 1 aromatic heterocycles. The Morgan fingerprint density at radius 1 is 1.07 bits per heavy atom. The van der Waals surface area contributed by atoms with Gasteiger partial charge in [-0.3, -0.25) is 5.32 Å². The van der Waals surface area contributed by atoms with Gasteiger partial charge in [-0.2, -0.15) is 0 Å². The molecular formula is C20H20ClFN6O. The van der Waals surface area contributed by atoms with Crippen molar-refractivity contribution in [1.82, 2.24) is 15.3 Å². The quantitative estimate of drug-likeness (QED) is 0.440. The fraction of sp³-hybridized carbons (Fsp3) is 0.150. The molecule has 29 heavy (non-hydrogen) atoms. The SMILES string of the molecule is Nc1cnc(NC(=O)Nc2ccc(CCNCc3ccccc3F)c(Cl)c2)cn1. The van der Waals surface area contributed by atoms with Gasteiger partial charge in [0.05, 0.1) is 12.4 Å². The highest BCUT2D eigenvalue weighted by Crippen LogP contribution is 2.21. The average molecular weight is 415 g/mol. The van der Waals surface area contributed by atoms with Gasteiger partial charge in [0.15, 0.2) is 5.82 Å². The zero-order chi connectivity index (χ0) is 20.6. The summed E-state index contributed by atoms with van der Waals surface area (Å²) in [6.07, 6.45) is 3.38. The molecule has 0 fully saturated rings. The van der Waals surface area contributed by atoms with E-state index in [4.69, 9.17) is 17.3 Å². The maximum Gasteiger partial charge on any atom is 0.324 e. The van der Waals surface area contributed by atoms with Crippen LogP contribution in [0.15, 0.2) is 54.9 Å². The van der Waals surface area contributed by atoms with E-state index in [1.54, 1.807) is 30.3 Å². The second-order valence-corrected chi connectivity index (χ2v) is 6.64. The molecular weight excluding hydrogens is 395 g/mol. The van der Waals surface area contributed by atoms with Crippen LogP contribution in [0.2, 0.25) is 5.02 Å². The third-order valence-electron chi connectivity index (χ3n) is 4.07. The smallest absolute Gasteiger partial charge is 0.324 e. The summed E-state index contributed by atoms with van der Waals surface area (Å²) >= 11 is 6.32. The minimum Gasteiger partial charge on any atom is -0.382 e. The number of nitrogens with two attached hydrogens (primary N) is 1. The van der Waals surface area contributed by atoms with Crippen LogP contribution in [-0.2, 0) is 13.0 Å². The summed E-state index contributed by atoms with van der Waals surface area (Å²) in [6.45, 7) is 1.08. The standard InChI is InChI=1S/C20H20ClFN6O/c21-16-9-15(27-20(29)28-19-12-25-18(23)11-26-19)6-5-13(16)7-8-24-10-14-3-1-2-4-17(14)22/h1-6,9,11-12,24H,7-8,10H2,(H2,23,25)(H2,26,27,28,29). The van der Waals surface area contributed by atoms with Gasteiger partial charge >= 0.3 is 6.03 Å². The third-order valence-corrected chi connectivity index (χ3v) is 4.42. The number of halogens is 2. The Bertz CT molecular complexity index is 983. The van der Waals surface area contributed by atoms with Crippen molar-refractivity contribution < 1.29 is 9.18 Å². The number of urea groups is 1. The summed E-state index contributed by atoms with van der Waals surface area (Å²) < 4.78 is 13.6. The number of anilines is 3. The van der Waals surface area contributed by atoms with Crippen molar-refractivity contribution in [2.24, 2.45) is 0 Å². The minimum atomic E-state index is -0.473. The van der Waals surface area contributed by atoms with Gasteiger partial charge in [0.1, 0.15) is 11.6 Å². The number of hydrogen-bond donors (Lipinski definition) is 4. The second-order valence-electron chi connectivity index (χ2n) is 6.23. The molecule has 0 radical (unpaired) electrons. The minimum absolute atomic E-state index is 0.225. The van der Waals surface area contributed by atoms with Gasteiger partial charge in [-0.05, 0) is 36.7 Å². The second kappa shape index (κ2) is 9.81. The van der Waals surface area contributed by atoms with Crippen LogP contribution in [-0.4, -0.2) is 22.5 Å². The van der Waals surface area contributed by atoms with Crippen LogP contribution < -0.4 is 21.7 Å². The molecule has 0 unspecified atom stereocenters. The number of aromatic nitrogens is 2. The van der Waals surface area contributed by atoms with Gasteiger partial charge in [0.2, 0.25) is 0 Å². The molecule has 7 nitrogen and oxygen atoms in total. The van der Waals surface area contributed by atoms with Crippen LogP contribution in [0, 0.1) is 5.82 Å². The lowest BCUT2D eigenvalue weighted by Gasteiger charge is -2.10. The Hall–Kier alpha value is -3.23. The van der Waals surface area contributed by atoms with Gasteiger partial charge < -0.3 is 16.4 Å². The number of rotatable bonds is 7. The molecule has 0 bridgehead atoms. The van der Waals surface area contributed by atoms with E-state index in [1.165, 1.54) is 18.5 Å². The molecule has 2 amide bonds. The maximum absolute atomic E-state index is 13.6. The van der Waals surface area contributed by atoms with Gasteiger partial charge in [-0.15, -0.1) is 0 Å². The number of nitrogen functional groups attached to an aromatic ring is 1. The zero-order valence-corrected chi connectivity index (χ0v) is 16.2. The number of carbonyl (C=O) groups is 1. The van der Waals surface area contributed by atoms with E-state index >= 15 is 0 Å². The summed E-state index contributed by atoms with van der Waals surface area (Å²) in [5, 5.41) is 8.95. The summed E-state index contributed by atoms with van der Waals surface area (Å²) in [5.41, 5.74) is 7.53. The van der Waals surface area contributed by atoms with E-state index in [1.807, 2.05) is 6.07 Å². The third kappa shape index (κ3) is 6.13. The predicted octanol–water partition coefficient (Wildman–Crippen LogP) is 3.83. The van der Waals surface area contributed by atoms with Crippen LogP contribution in [0.3, 0.4) is 0 Å². The Balaban J connectivity index is 1.48. The van der Waals surface area contributed by atoms with E-state index in [0.717, 1.165) is 5.56 Å². The summed E-state index contributed by atoms with van der Waals surface area (Å²) in [7, 11) is 0. The molecule has 0 saturated heterocycles. The summed E-state index contributed by atoms with van der Waals surface area (Å²) in [5.74, 6) is 0.318. The Labute approximate surface area is 172 Å². The first-order valence-electron chi connectivity index (χ1n) is 8.89. The molecule has 0 atom stereocenters. The molecule has 3 rings (SSSR count). The maximum atomic E-state index is 13.6. The number of hydrogen-bond acceptors (Lipinski definition) is 5. The highest BCUT2D eigenvalue weighted by molar-refractivity contribution is 6.31. The number of nitrogens with zero attached hydrogens (tertiary/aromatic N) is 2. The molecule has 2 aromatic carbocycles. The lowest BCUT2D eigenvalue weighted by molar-refractivity contribution is 0.262. The van der Waals surface area contributed by atoms with E-state index in [9.17, 15) is 9.18 Å². The first-order valence-corrected chi connectivity index (χ1v) is 9.27. The molecule has 3 aromatic rings. The monoisotopic (exact) mass is 414 g/mol. The van der Waals surface area contributed by atoms with E-state index < -0.39 is 6.03 Å². The fourth-order valence-corrected chi connectivity index (χ4v) is 2.87. The molecule has 0 aliphatic carbocycles. The average Bonchev–Trinajstić information content (AvgIpc) is 2.69. The summed E-state index contributed by atoms with van der Waals surface area (Å²) in [4.78, 5) is 19.8. The van der Waals surface area contributed by atoms with Crippen LogP contribution in [0.25, 0.3) is 0 Å². The van der Waals surface area contributed by atoms with Crippen molar-refractivity contribution in [1.29, 1.82) is 0 Å². The first-order chi connectivity index (χ1) is 14.0. The van der Waals surface area contributed by atoms with Crippen molar-refractivity contribution in [2.45, 2.75) is 13.0 Å². The van der Waals surface area contributed by atoms with Gasteiger partial charge in [0, 0.05) is 22.8 Å². The lowest BCUT2D eigenvalue weighted by Crippen LogP contribution is -2.20. The Kier molecular flexibility index (Phi) is 6.94. The van der Waals surface area contributed by atoms with Crippen molar-refractivity contribution in [2.75, 3.05) is 22.9 Å². The number of benzene rings is 2. The van der Waals surface area contributed by atoms with Crippen molar-refractivity contribution in [3.63, 3.8) is 0 Å². The highest BCUT2D eigenvalue weighted by Gasteiger charge is 2.07. The Morgan fingerprint density at radius 2 is 1.90 bits per heavy atom. The van der Waals surface area contributed by atoms with Gasteiger partial charge in [-0.1, -0.05) is 35.9 Å². The van der Waals surface area contributed by atoms with E-state index in [-0.39, 0.29) is 17.5 Å². The summed E-state index contributed by atoms with van der Waals surface area (Å²) in [6, 6.07) is 11.4. The lowest BCUT2D eigenvalue weighted by atomic mass is 10.1. The molecule has 0 saturated carbocycles. The van der Waals surface area contributed by atoms with Crippen molar-refractivity contribution in [3.05, 3.63) is 76.8 Å². The largest absolute Gasteiger partial charge is 0.382 e. The molecule has 5 N–H and O–H groups in total. The number of carbonyl (C=O) groups excluding carboxylic acids is 1. The number of amides is 2.